The number of likely N-dealkylation sites (tertiary alicyclic amines) is 1. The van der Waals surface area contributed by atoms with Crippen molar-refractivity contribution in [1.82, 2.24) is 20.0 Å². The zero-order valence-electron chi connectivity index (χ0n) is 17.9. The van der Waals surface area contributed by atoms with Crippen LogP contribution in [-0.2, 0) is 22.4 Å². The van der Waals surface area contributed by atoms with Crippen LogP contribution in [0.2, 0.25) is 0 Å². The molecule has 1 aromatic carbocycles. The summed E-state index contributed by atoms with van der Waals surface area (Å²) in [4.78, 5) is 29.6. The first-order valence-electron chi connectivity index (χ1n) is 11.5. The van der Waals surface area contributed by atoms with Gasteiger partial charge in [0.2, 0.25) is 5.91 Å². The lowest BCUT2D eigenvalue weighted by atomic mass is 9.89. The summed E-state index contributed by atoms with van der Waals surface area (Å²) in [6.45, 7) is 3.59. The van der Waals surface area contributed by atoms with Crippen molar-refractivity contribution in [3.8, 4) is 11.3 Å². The molecule has 1 aliphatic carbocycles. The van der Waals surface area contributed by atoms with Gasteiger partial charge in [0.05, 0.1) is 5.69 Å². The third kappa shape index (κ3) is 3.99. The van der Waals surface area contributed by atoms with Crippen LogP contribution in [0.5, 0.6) is 0 Å². The van der Waals surface area contributed by atoms with Gasteiger partial charge in [-0.25, -0.2) is 0 Å². The molecule has 3 heterocycles. The molecule has 0 radical (unpaired) electrons. The number of aryl methyl sites for hydroxylation is 1. The third-order valence-electron chi connectivity index (χ3n) is 6.89. The Kier molecular flexibility index (Phi) is 5.76. The summed E-state index contributed by atoms with van der Waals surface area (Å²) in [6.07, 6.45) is 5.87. The minimum absolute atomic E-state index is 0.0350. The number of aromatic amines is 1. The van der Waals surface area contributed by atoms with E-state index in [1.54, 1.807) is 0 Å². The molecule has 164 valence electrons. The van der Waals surface area contributed by atoms with Gasteiger partial charge in [-0.2, -0.15) is 5.10 Å². The predicted octanol–water partition coefficient (Wildman–Crippen LogP) is 2.81. The second kappa shape index (κ2) is 8.83. The summed E-state index contributed by atoms with van der Waals surface area (Å²) >= 11 is 0. The number of H-pyrrole nitrogens is 1. The number of rotatable bonds is 6. The molecule has 2 aliphatic heterocycles. The van der Waals surface area contributed by atoms with Gasteiger partial charge >= 0.3 is 0 Å². The molecule has 31 heavy (non-hydrogen) atoms. The number of hydrogen-bond acceptors (Lipinski definition) is 4. The topological polar surface area (TPSA) is 78.5 Å². The van der Waals surface area contributed by atoms with E-state index >= 15 is 0 Å². The Balaban J connectivity index is 1.36. The molecule has 0 unspecified atom stereocenters. The molecule has 1 N–H and O–H groups in total. The number of hydrogen-bond donors (Lipinski definition) is 1. The van der Waals surface area contributed by atoms with Gasteiger partial charge in [0.15, 0.2) is 0 Å². The number of fused-ring (bicyclic) bond motifs is 3. The van der Waals surface area contributed by atoms with Crippen LogP contribution < -0.4 is 0 Å². The van der Waals surface area contributed by atoms with Crippen LogP contribution in [0.3, 0.4) is 0 Å². The molecule has 2 amide bonds. The van der Waals surface area contributed by atoms with Gasteiger partial charge in [-0.3, -0.25) is 14.7 Å². The zero-order valence-corrected chi connectivity index (χ0v) is 17.9. The Bertz CT molecular complexity index is 963. The maximum Gasteiger partial charge on any atom is 0.272 e. The van der Waals surface area contributed by atoms with Gasteiger partial charge in [0.1, 0.15) is 5.69 Å². The first-order valence-corrected chi connectivity index (χ1v) is 11.5. The first kappa shape index (κ1) is 20.2. The maximum atomic E-state index is 13.7. The average molecular weight is 423 g/mol. The zero-order chi connectivity index (χ0) is 21.2. The molecule has 1 aromatic heterocycles. The van der Waals surface area contributed by atoms with Gasteiger partial charge in [0, 0.05) is 56.4 Å². The number of aromatic nitrogens is 2. The molecule has 0 bridgehead atoms. The fraction of sp³-hybridized carbons (Fsp3) is 0.542. The maximum absolute atomic E-state index is 13.7. The molecule has 2 aromatic rings. The van der Waals surface area contributed by atoms with E-state index in [2.05, 4.69) is 28.4 Å². The molecular weight excluding hydrogens is 392 g/mol. The van der Waals surface area contributed by atoms with Crippen molar-refractivity contribution < 1.29 is 14.3 Å². The van der Waals surface area contributed by atoms with Gasteiger partial charge in [-0.1, -0.05) is 24.3 Å². The van der Waals surface area contributed by atoms with Crippen molar-refractivity contribution in [1.29, 1.82) is 0 Å². The number of nitrogens with zero attached hydrogens (tertiary/aromatic N) is 3. The standard InChI is InChI=1S/C24H30N4O3/c29-21-7-3-12-27(21)13-4-14-28(18-10-15-31-16-11-18)24(30)23-20-9-8-17-5-1-2-6-19(17)22(20)25-26-23/h1-2,5-6,18H,3-4,7-16H2,(H,25,26). The number of ether oxygens (including phenoxy) is 1. The Morgan fingerprint density at radius 3 is 2.84 bits per heavy atom. The van der Waals surface area contributed by atoms with Crippen LogP contribution in [0.4, 0.5) is 0 Å². The number of benzene rings is 1. The van der Waals surface area contributed by atoms with Crippen molar-refractivity contribution >= 4 is 11.8 Å². The highest BCUT2D eigenvalue weighted by Gasteiger charge is 2.32. The van der Waals surface area contributed by atoms with Crippen molar-refractivity contribution in [2.45, 2.75) is 51.0 Å². The van der Waals surface area contributed by atoms with Crippen LogP contribution in [0.1, 0.15) is 53.7 Å². The lowest BCUT2D eigenvalue weighted by Gasteiger charge is -2.35. The van der Waals surface area contributed by atoms with Crippen molar-refractivity contribution in [3.05, 3.63) is 41.1 Å². The lowest BCUT2D eigenvalue weighted by molar-refractivity contribution is -0.127. The highest BCUT2D eigenvalue weighted by Crippen LogP contribution is 2.34. The molecule has 7 nitrogen and oxygen atoms in total. The van der Waals surface area contributed by atoms with Gasteiger partial charge in [-0.05, 0) is 44.1 Å². The Hall–Kier alpha value is -2.67. The monoisotopic (exact) mass is 422 g/mol. The summed E-state index contributed by atoms with van der Waals surface area (Å²) in [5, 5.41) is 7.63. The average Bonchev–Trinajstić information content (AvgIpc) is 3.43. The normalized spacial score (nSPS) is 18.7. The molecule has 0 saturated carbocycles. The molecule has 3 aliphatic rings. The largest absolute Gasteiger partial charge is 0.381 e. The van der Waals surface area contributed by atoms with E-state index in [0.29, 0.717) is 31.9 Å². The van der Waals surface area contributed by atoms with E-state index in [0.717, 1.165) is 68.4 Å². The van der Waals surface area contributed by atoms with E-state index in [9.17, 15) is 9.59 Å². The van der Waals surface area contributed by atoms with Crippen LogP contribution in [0, 0.1) is 0 Å². The van der Waals surface area contributed by atoms with Crippen LogP contribution in [-0.4, -0.2) is 70.7 Å². The molecule has 5 rings (SSSR count). The van der Waals surface area contributed by atoms with Gasteiger partial charge < -0.3 is 14.5 Å². The molecular formula is C24H30N4O3. The number of carbonyl (C=O) groups is 2. The summed E-state index contributed by atoms with van der Waals surface area (Å²) < 4.78 is 5.54. The molecule has 0 atom stereocenters. The van der Waals surface area contributed by atoms with E-state index in [-0.39, 0.29) is 17.9 Å². The SMILES string of the molecule is O=C1CCCN1CCCN(C(=O)c1[nH]nc2c1CCc1ccccc1-2)C1CCOCC1. The molecule has 7 heteroatoms. The highest BCUT2D eigenvalue weighted by atomic mass is 16.5. The van der Waals surface area contributed by atoms with E-state index < -0.39 is 0 Å². The minimum atomic E-state index is 0.0350. The van der Waals surface area contributed by atoms with Crippen LogP contribution >= 0.6 is 0 Å². The van der Waals surface area contributed by atoms with Gasteiger partial charge in [0.25, 0.3) is 5.91 Å². The summed E-state index contributed by atoms with van der Waals surface area (Å²) in [5.74, 6) is 0.276. The van der Waals surface area contributed by atoms with E-state index in [4.69, 9.17) is 4.74 Å². The van der Waals surface area contributed by atoms with Gasteiger partial charge in [-0.15, -0.1) is 0 Å². The fourth-order valence-corrected chi connectivity index (χ4v) is 5.20. The van der Waals surface area contributed by atoms with Crippen LogP contribution in [0.15, 0.2) is 24.3 Å². The Labute approximate surface area is 182 Å². The summed E-state index contributed by atoms with van der Waals surface area (Å²) in [6, 6.07) is 8.48. The molecule has 2 saturated heterocycles. The summed E-state index contributed by atoms with van der Waals surface area (Å²) in [5.41, 5.74) is 5.00. The first-order chi connectivity index (χ1) is 15.2. The second-order valence-corrected chi connectivity index (χ2v) is 8.76. The predicted molar refractivity (Wildman–Crippen MR) is 117 cm³/mol. The van der Waals surface area contributed by atoms with E-state index in [1.165, 1.54) is 5.56 Å². The second-order valence-electron chi connectivity index (χ2n) is 8.76. The van der Waals surface area contributed by atoms with Crippen LogP contribution in [0.25, 0.3) is 11.3 Å². The Morgan fingerprint density at radius 1 is 1.19 bits per heavy atom. The minimum Gasteiger partial charge on any atom is -0.381 e. The summed E-state index contributed by atoms with van der Waals surface area (Å²) in [7, 11) is 0. The lowest BCUT2D eigenvalue weighted by Crippen LogP contribution is -2.45. The van der Waals surface area contributed by atoms with E-state index in [1.807, 2.05) is 15.9 Å². The molecule has 2 fully saturated rings. The fourth-order valence-electron chi connectivity index (χ4n) is 5.20. The van der Waals surface area contributed by atoms with Crippen molar-refractivity contribution in [2.24, 2.45) is 0 Å². The Morgan fingerprint density at radius 2 is 2.03 bits per heavy atom. The number of amides is 2. The van der Waals surface area contributed by atoms with Crippen molar-refractivity contribution in [3.63, 3.8) is 0 Å². The number of carbonyl (C=O) groups excluding carboxylic acids is 2. The molecule has 0 spiro atoms. The highest BCUT2D eigenvalue weighted by molar-refractivity contribution is 5.96. The number of nitrogens with one attached hydrogen (secondary N) is 1. The quantitative estimate of drug-likeness (QED) is 0.777. The third-order valence-corrected chi connectivity index (χ3v) is 6.89. The van der Waals surface area contributed by atoms with Crippen molar-refractivity contribution in [2.75, 3.05) is 32.8 Å². The smallest absolute Gasteiger partial charge is 0.272 e.